The lowest BCUT2D eigenvalue weighted by Crippen LogP contribution is -2.56. The molecule has 2 atom stereocenters. The Balaban J connectivity index is 1.19. The quantitative estimate of drug-likeness (QED) is 0.0288. The highest BCUT2D eigenvalue weighted by molar-refractivity contribution is 7.98. The van der Waals surface area contributed by atoms with Crippen LogP contribution in [0.4, 0.5) is 0 Å². The van der Waals surface area contributed by atoms with E-state index in [2.05, 4.69) is 27.7 Å². The molecule has 2 aliphatic carbocycles. The second-order valence-corrected chi connectivity index (χ2v) is 28.5. The summed E-state index contributed by atoms with van der Waals surface area (Å²) >= 11 is 3.10. The van der Waals surface area contributed by atoms with Crippen LogP contribution in [-0.4, -0.2) is 116 Å². The molecule has 6 amide bonds. The van der Waals surface area contributed by atoms with Gasteiger partial charge in [0.05, 0.1) is 22.3 Å². The van der Waals surface area contributed by atoms with Crippen molar-refractivity contribution in [2.24, 2.45) is 0 Å². The van der Waals surface area contributed by atoms with Crippen molar-refractivity contribution in [3.05, 3.63) is 166 Å². The highest BCUT2D eigenvalue weighted by atomic mass is 32.2. The van der Waals surface area contributed by atoms with Crippen LogP contribution in [-0.2, 0) is 35.3 Å². The Morgan fingerprint density at radius 2 is 0.673 bits per heavy atom. The minimum Gasteiger partial charge on any atom is -0.457 e. The molecule has 4 aliphatic rings. The fourth-order valence-corrected chi connectivity index (χ4v) is 16.7. The van der Waals surface area contributed by atoms with Gasteiger partial charge in [-0.25, -0.2) is 0 Å². The molecule has 2 saturated carbocycles. The number of hydrogen-bond donors (Lipinski definition) is 0. The Morgan fingerprint density at radius 3 is 0.918 bits per heavy atom. The molecule has 2 heterocycles. The molecule has 0 saturated heterocycles. The van der Waals surface area contributed by atoms with Gasteiger partial charge in [-0.3, -0.25) is 38.6 Å². The fraction of sp³-hybridized carbons (Fsp3) is 0.390. The standard InChI is InChI=1S/C82H88N4O10S2/c1-9-49-25-21-33-55(41-49)93-65-45-59-69-60(78(88)85(77(59)87)63(37-39-97-7)81(91)83(13-5)53-29-17-15-18-30-53)47-67(95-57-35-23-27-51(11-3)43-57)73-74-68(96-58-36-24-28-52(12-4)44-58)48-62-70-61(46-66(72(76(70)74)71(65)75(69)73)94-56-34-22-26-50(10-2)42-56)79(89)86(80(62)90)64(38-40-98-8)82(92)84(14-6)54-31-19-16-20-32-54/h21-28,33-36,41-48,53-54,63-64H,9-20,29-32,37-40H2,1-8H3. The summed E-state index contributed by atoms with van der Waals surface area (Å²) in [5.41, 5.74) is 4.47. The molecule has 98 heavy (non-hydrogen) atoms. The largest absolute Gasteiger partial charge is 0.457 e. The number of ether oxygens (including phenoxy) is 4. The summed E-state index contributed by atoms with van der Waals surface area (Å²) in [6.45, 7) is 13.0. The van der Waals surface area contributed by atoms with Crippen LogP contribution in [0.1, 0.15) is 182 Å². The molecule has 14 nitrogen and oxygen atoms in total. The molecule has 13 rings (SSSR count). The Kier molecular flexibility index (Phi) is 20.4. The number of likely N-dealkylation sites (N-methyl/N-ethyl adjacent to an activating group) is 2. The first-order valence-electron chi connectivity index (χ1n) is 35.5. The number of imide groups is 2. The van der Waals surface area contributed by atoms with Crippen LogP contribution in [0.5, 0.6) is 46.0 Å². The first-order chi connectivity index (χ1) is 47.8. The van der Waals surface area contributed by atoms with E-state index in [9.17, 15) is 0 Å². The molecule has 16 heteroatoms. The third kappa shape index (κ3) is 12.6. The van der Waals surface area contributed by atoms with Crippen LogP contribution in [0.15, 0.2) is 121 Å². The van der Waals surface area contributed by atoms with Crippen LogP contribution in [0, 0.1) is 0 Å². The Hall–Kier alpha value is -8.60. The lowest BCUT2D eigenvalue weighted by atomic mass is 9.80. The number of aryl methyl sites for hydroxylation is 4. The summed E-state index contributed by atoms with van der Waals surface area (Å²) in [5.74, 6) is 0.442. The molecule has 2 aliphatic heterocycles. The molecule has 9 aromatic carbocycles. The van der Waals surface area contributed by atoms with Gasteiger partial charge in [-0.05, 0) is 197 Å². The highest BCUT2D eigenvalue weighted by Crippen LogP contribution is 2.58. The maximum Gasteiger partial charge on any atom is 0.262 e. The van der Waals surface area contributed by atoms with E-state index in [1.54, 1.807) is 47.8 Å². The van der Waals surface area contributed by atoms with E-state index in [1.165, 1.54) is 9.80 Å². The molecule has 508 valence electrons. The Bertz CT molecular complexity index is 4060. The number of carbonyl (C=O) groups excluding carboxylic acids is 6. The molecule has 0 aromatic heterocycles. The van der Waals surface area contributed by atoms with E-state index in [4.69, 9.17) is 18.9 Å². The summed E-state index contributed by atoms with van der Waals surface area (Å²) in [5, 5.41) is 2.96. The average molecular weight is 1350 g/mol. The van der Waals surface area contributed by atoms with Crippen molar-refractivity contribution < 1.29 is 47.7 Å². The van der Waals surface area contributed by atoms with Crippen molar-refractivity contribution in [1.29, 1.82) is 0 Å². The first kappa shape index (κ1) is 67.9. The highest BCUT2D eigenvalue weighted by Gasteiger charge is 2.48. The van der Waals surface area contributed by atoms with Gasteiger partial charge < -0.3 is 28.7 Å². The number of carbonyl (C=O) groups is 6. The zero-order valence-corrected chi connectivity index (χ0v) is 59.3. The molecule has 0 N–H and O–H groups in total. The molecular formula is C82H88N4O10S2. The van der Waals surface area contributed by atoms with E-state index in [0.717, 1.165) is 86.5 Å². The normalized spacial score (nSPS) is 15.8. The smallest absolute Gasteiger partial charge is 0.262 e. The Morgan fingerprint density at radius 1 is 0.398 bits per heavy atom. The zero-order valence-electron chi connectivity index (χ0n) is 57.7. The van der Waals surface area contributed by atoms with Gasteiger partial charge in [0.1, 0.15) is 58.1 Å². The van der Waals surface area contributed by atoms with Crippen molar-refractivity contribution in [2.75, 3.05) is 37.1 Å². The number of amides is 6. The number of nitrogens with zero attached hydrogens (tertiary/aromatic N) is 4. The van der Waals surface area contributed by atoms with Crippen LogP contribution >= 0.6 is 23.5 Å². The van der Waals surface area contributed by atoms with Crippen molar-refractivity contribution in [1.82, 2.24) is 19.6 Å². The van der Waals surface area contributed by atoms with E-state index in [-0.39, 0.29) is 82.0 Å². The third-order valence-corrected chi connectivity index (χ3v) is 22.1. The predicted octanol–water partition coefficient (Wildman–Crippen LogP) is 19.0. The number of thioether (sulfide) groups is 2. The van der Waals surface area contributed by atoms with Crippen molar-refractivity contribution >= 4 is 102 Å². The molecule has 2 unspecified atom stereocenters. The summed E-state index contributed by atoms with van der Waals surface area (Å²) in [7, 11) is 0. The van der Waals surface area contributed by atoms with Gasteiger partial charge in [0.25, 0.3) is 23.6 Å². The molecule has 0 bridgehead atoms. The second-order valence-electron chi connectivity index (χ2n) is 26.5. The van der Waals surface area contributed by atoms with Gasteiger partial charge in [0, 0.05) is 68.3 Å². The molecule has 0 radical (unpaired) electrons. The van der Waals surface area contributed by atoms with Crippen molar-refractivity contribution in [3.63, 3.8) is 0 Å². The zero-order chi connectivity index (χ0) is 68.5. The van der Waals surface area contributed by atoms with Gasteiger partial charge in [-0.15, -0.1) is 0 Å². The number of fused-ring (bicyclic) bond motifs is 2. The van der Waals surface area contributed by atoms with Gasteiger partial charge in [-0.2, -0.15) is 23.5 Å². The van der Waals surface area contributed by atoms with E-state index < -0.39 is 35.7 Å². The van der Waals surface area contributed by atoms with Crippen LogP contribution in [0.3, 0.4) is 0 Å². The van der Waals surface area contributed by atoms with E-state index >= 15 is 28.8 Å². The summed E-state index contributed by atoms with van der Waals surface area (Å²) in [6.07, 6.45) is 16.6. The Labute approximate surface area is 583 Å². The van der Waals surface area contributed by atoms with Crippen molar-refractivity contribution in [2.45, 2.75) is 168 Å². The van der Waals surface area contributed by atoms with Crippen molar-refractivity contribution in [3.8, 4) is 46.0 Å². The topological polar surface area (TPSA) is 152 Å². The minimum atomic E-state index is -1.16. The molecule has 0 spiro atoms. The third-order valence-electron chi connectivity index (χ3n) is 20.8. The summed E-state index contributed by atoms with van der Waals surface area (Å²) < 4.78 is 29.5. The second kappa shape index (κ2) is 29.5. The van der Waals surface area contributed by atoms with Crippen LogP contribution in [0.25, 0.3) is 43.1 Å². The first-order valence-corrected chi connectivity index (χ1v) is 38.3. The van der Waals surface area contributed by atoms with E-state index in [1.807, 2.05) is 133 Å². The lowest BCUT2D eigenvalue weighted by Gasteiger charge is -2.40. The fourth-order valence-electron chi connectivity index (χ4n) is 15.8. The van der Waals surface area contributed by atoms with Crippen LogP contribution < -0.4 is 18.9 Å². The van der Waals surface area contributed by atoms with Gasteiger partial charge in [-0.1, -0.05) is 115 Å². The molecule has 9 aromatic rings. The maximum absolute atomic E-state index is 16.5. The van der Waals surface area contributed by atoms with Crippen LogP contribution in [0.2, 0.25) is 0 Å². The lowest BCUT2D eigenvalue weighted by molar-refractivity contribution is -0.139. The predicted molar refractivity (Wildman–Crippen MR) is 394 cm³/mol. The summed E-state index contributed by atoms with van der Waals surface area (Å²) in [4.78, 5) is 103. The van der Waals surface area contributed by atoms with E-state index in [0.29, 0.717) is 116 Å². The summed E-state index contributed by atoms with van der Waals surface area (Å²) in [6, 6.07) is 35.5. The van der Waals surface area contributed by atoms with Gasteiger partial charge in [0.2, 0.25) is 11.8 Å². The monoisotopic (exact) mass is 1350 g/mol. The number of benzene rings is 9. The minimum absolute atomic E-state index is 0.0363. The molecular weight excluding hydrogens is 1270 g/mol. The average Bonchev–Trinajstić information content (AvgIpc) is 0.671. The SMILES string of the molecule is CCc1cccc(Oc2cc3c4c(cc(Oc5cccc(CC)c5)c5c6c(Oc7cccc(CC)c7)cc7c8c(cc(Oc9cccc(CC)c9)c(c2c45)c86)C(=O)N(C(CCSC)C(=O)N(CC)C2CCCCC2)C7=O)C(=O)N(C(CCSC)C(=O)N(CC)C2CCCCC2)C3=O)c1. The van der Waals surface area contributed by atoms with Gasteiger partial charge in [0.15, 0.2) is 0 Å². The molecule has 2 fully saturated rings. The number of rotatable bonds is 26. The maximum atomic E-state index is 16.5. The number of hydrogen-bond acceptors (Lipinski definition) is 12. The van der Waals surface area contributed by atoms with Gasteiger partial charge >= 0.3 is 0 Å².